The summed E-state index contributed by atoms with van der Waals surface area (Å²) in [6.45, 7) is 13.4. The van der Waals surface area contributed by atoms with E-state index in [2.05, 4.69) is 37.6 Å². The van der Waals surface area contributed by atoms with E-state index >= 15 is 0 Å². The number of likely N-dealkylation sites (tertiary alicyclic amines) is 2. The summed E-state index contributed by atoms with van der Waals surface area (Å²) in [4.78, 5) is 4.96. The van der Waals surface area contributed by atoms with Crippen molar-refractivity contribution in [2.45, 2.75) is 52.9 Å². The second kappa shape index (κ2) is 8.92. The Balaban J connectivity index is 0.000000180. The van der Waals surface area contributed by atoms with Crippen molar-refractivity contribution in [3.63, 3.8) is 0 Å². The Morgan fingerprint density at radius 3 is 2.11 bits per heavy atom. The number of hydrogen-bond acceptors (Lipinski definition) is 2. The van der Waals surface area contributed by atoms with Gasteiger partial charge in [0.15, 0.2) is 0 Å². The molecule has 0 saturated carbocycles. The minimum absolute atomic E-state index is 0.943. The van der Waals surface area contributed by atoms with Gasteiger partial charge in [-0.05, 0) is 70.7 Å². The second-order valence-corrected chi connectivity index (χ2v) is 6.30. The summed E-state index contributed by atoms with van der Waals surface area (Å²) in [5.41, 5.74) is 0. The van der Waals surface area contributed by atoms with E-state index in [9.17, 15) is 0 Å². The van der Waals surface area contributed by atoms with E-state index in [-0.39, 0.29) is 0 Å². The van der Waals surface area contributed by atoms with Gasteiger partial charge in [-0.15, -0.1) is 0 Å². The summed E-state index contributed by atoms with van der Waals surface area (Å²) >= 11 is 0. The molecule has 0 amide bonds. The fourth-order valence-corrected chi connectivity index (χ4v) is 3.04. The summed E-state index contributed by atoms with van der Waals surface area (Å²) in [7, 11) is 2.21. The molecule has 0 spiro atoms. The van der Waals surface area contributed by atoms with Crippen LogP contribution in [0.5, 0.6) is 0 Å². The monoisotopic (exact) mass is 254 g/mol. The fourth-order valence-electron chi connectivity index (χ4n) is 3.04. The topological polar surface area (TPSA) is 6.48 Å². The third-order valence-electron chi connectivity index (χ3n) is 4.60. The lowest BCUT2D eigenvalue weighted by Gasteiger charge is -2.29. The van der Waals surface area contributed by atoms with Crippen LogP contribution in [0.3, 0.4) is 0 Å². The van der Waals surface area contributed by atoms with Gasteiger partial charge in [0, 0.05) is 6.54 Å². The summed E-state index contributed by atoms with van der Waals surface area (Å²) in [5, 5.41) is 0. The van der Waals surface area contributed by atoms with Gasteiger partial charge >= 0.3 is 0 Å². The van der Waals surface area contributed by atoms with Gasteiger partial charge in [0.1, 0.15) is 0 Å². The van der Waals surface area contributed by atoms with Gasteiger partial charge in [0.25, 0.3) is 0 Å². The van der Waals surface area contributed by atoms with Gasteiger partial charge < -0.3 is 9.80 Å². The van der Waals surface area contributed by atoms with Crippen LogP contribution in [-0.4, -0.2) is 49.6 Å². The number of piperidine rings is 2. The normalized spacial score (nSPS) is 27.7. The standard InChI is InChI=1S/2C8H17N/c1-3-8-4-6-9(2)7-5-8;1-3-9-6-4-5-8(2)7-9/h2*8H,3-7H2,1-2H3/t;8-/m.0/s1. The number of rotatable bonds is 2. The maximum absolute atomic E-state index is 2.54. The van der Waals surface area contributed by atoms with Crippen LogP contribution in [0.1, 0.15) is 52.9 Å². The predicted octanol–water partition coefficient (Wildman–Crippen LogP) is 3.48. The van der Waals surface area contributed by atoms with E-state index in [0.717, 1.165) is 11.8 Å². The molecule has 2 aliphatic rings. The quantitative estimate of drug-likeness (QED) is 0.744. The summed E-state index contributed by atoms with van der Waals surface area (Å²) in [5.74, 6) is 1.97. The molecule has 2 heterocycles. The first-order chi connectivity index (χ1) is 8.65. The molecule has 0 unspecified atom stereocenters. The van der Waals surface area contributed by atoms with Crippen molar-refractivity contribution in [2.24, 2.45) is 11.8 Å². The third kappa shape index (κ3) is 6.19. The SMILES string of the molecule is CCC1CCN(C)CC1.CCN1CCC[C@H](C)C1. The Labute approximate surface area is 115 Å². The molecule has 0 radical (unpaired) electrons. The van der Waals surface area contributed by atoms with E-state index in [1.165, 1.54) is 64.8 Å². The van der Waals surface area contributed by atoms with E-state index < -0.39 is 0 Å². The lowest BCUT2D eigenvalue weighted by Crippen LogP contribution is -2.33. The van der Waals surface area contributed by atoms with Crippen molar-refractivity contribution in [3.05, 3.63) is 0 Å². The van der Waals surface area contributed by atoms with Crippen LogP contribution in [0.25, 0.3) is 0 Å². The van der Waals surface area contributed by atoms with Gasteiger partial charge in [0.05, 0.1) is 0 Å². The highest BCUT2D eigenvalue weighted by Crippen LogP contribution is 2.18. The van der Waals surface area contributed by atoms with Crippen LogP contribution in [0.4, 0.5) is 0 Å². The summed E-state index contributed by atoms with van der Waals surface area (Å²) < 4.78 is 0. The van der Waals surface area contributed by atoms with Crippen LogP contribution in [0.2, 0.25) is 0 Å². The summed E-state index contributed by atoms with van der Waals surface area (Å²) in [6, 6.07) is 0. The minimum atomic E-state index is 0.943. The molecule has 108 valence electrons. The Morgan fingerprint density at radius 1 is 1.00 bits per heavy atom. The zero-order chi connectivity index (χ0) is 13.4. The van der Waals surface area contributed by atoms with Crippen LogP contribution < -0.4 is 0 Å². The third-order valence-corrected chi connectivity index (χ3v) is 4.60. The lowest BCUT2D eigenvalue weighted by atomic mass is 9.95. The molecule has 2 fully saturated rings. The zero-order valence-corrected chi connectivity index (χ0v) is 13.1. The minimum Gasteiger partial charge on any atom is -0.306 e. The molecule has 18 heavy (non-hydrogen) atoms. The lowest BCUT2D eigenvalue weighted by molar-refractivity contribution is 0.192. The van der Waals surface area contributed by atoms with Gasteiger partial charge in [-0.25, -0.2) is 0 Å². The molecular weight excluding hydrogens is 220 g/mol. The Bertz CT molecular complexity index is 197. The molecule has 0 aliphatic carbocycles. The Hall–Kier alpha value is -0.0800. The molecule has 2 rings (SSSR count). The van der Waals surface area contributed by atoms with Crippen molar-refractivity contribution in [3.8, 4) is 0 Å². The van der Waals surface area contributed by atoms with Crippen molar-refractivity contribution in [2.75, 3.05) is 39.8 Å². The first kappa shape index (κ1) is 16.0. The second-order valence-electron chi connectivity index (χ2n) is 6.30. The van der Waals surface area contributed by atoms with Gasteiger partial charge in [-0.2, -0.15) is 0 Å². The molecule has 0 aromatic carbocycles. The highest BCUT2D eigenvalue weighted by atomic mass is 15.1. The predicted molar refractivity (Wildman–Crippen MR) is 81.0 cm³/mol. The van der Waals surface area contributed by atoms with Crippen LogP contribution in [0.15, 0.2) is 0 Å². The smallest absolute Gasteiger partial charge is 0.000691 e. The van der Waals surface area contributed by atoms with Crippen LogP contribution >= 0.6 is 0 Å². The molecule has 0 bridgehead atoms. The van der Waals surface area contributed by atoms with Gasteiger partial charge in [-0.1, -0.05) is 27.2 Å². The van der Waals surface area contributed by atoms with Crippen LogP contribution in [-0.2, 0) is 0 Å². The largest absolute Gasteiger partial charge is 0.306 e. The van der Waals surface area contributed by atoms with Gasteiger partial charge in [0.2, 0.25) is 0 Å². The molecular formula is C16H34N2. The molecule has 0 aromatic rings. The molecule has 0 aromatic heterocycles. The fraction of sp³-hybridized carbons (Fsp3) is 1.00. The van der Waals surface area contributed by atoms with Crippen molar-refractivity contribution in [1.29, 1.82) is 0 Å². The molecule has 2 heteroatoms. The first-order valence-electron chi connectivity index (χ1n) is 8.06. The highest BCUT2D eigenvalue weighted by molar-refractivity contribution is 4.68. The van der Waals surface area contributed by atoms with E-state index in [4.69, 9.17) is 0 Å². The van der Waals surface area contributed by atoms with E-state index in [0.29, 0.717) is 0 Å². The molecule has 2 saturated heterocycles. The molecule has 2 nitrogen and oxygen atoms in total. The maximum atomic E-state index is 2.54. The zero-order valence-electron chi connectivity index (χ0n) is 13.1. The first-order valence-corrected chi connectivity index (χ1v) is 8.06. The van der Waals surface area contributed by atoms with Gasteiger partial charge in [-0.3, -0.25) is 0 Å². The molecule has 2 aliphatic heterocycles. The van der Waals surface area contributed by atoms with E-state index in [1.807, 2.05) is 0 Å². The number of nitrogens with zero attached hydrogens (tertiary/aromatic N) is 2. The molecule has 1 atom stereocenters. The number of hydrogen-bond donors (Lipinski definition) is 0. The summed E-state index contributed by atoms with van der Waals surface area (Å²) in [6.07, 6.45) is 7.08. The van der Waals surface area contributed by atoms with Crippen molar-refractivity contribution in [1.82, 2.24) is 9.80 Å². The highest BCUT2D eigenvalue weighted by Gasteiger charge is 2.14. The van der Waals surface area contributed by atoms with E-state index in [1.54, 1.807) is 0 Å². The maximum Gasteiger partial charge on any atom is 0.000691 e. The Morgan fingerprint density at radius 2 is 1.67 bits per heavy atom. The van der Waals surface area contributed by atoms with Crippen molar-refractivity contribution < 1.29 is 0 Å². The average Bonchev–Trinajstić information content (AvgIpc) is 2.40. The van der Waals surface area contributed by atoms with Crippen molar-refractivity contribution >= 4 is 0 Å². The Kier molecular flexibility index (Phi) is 7.92. The van der Waals surface area contributed by atoms with Crippen LogP contribution in [0, 0.1) is 11.8 Å². The average molecular weight is 254 g/mol. The molecule has 0 N–H and O–H groups in total.